The highest BCUT2D eigenvalue weighted by atomic mass is 19.4. The average molecular weight is 572 g/mol. The van der Waals surface area contributed by atoms with Crippen LogP contribution in [0.1, 0.15) is 43.0 Å². The Hall–Kier alpha value is -4.41. The number of nitrogens with one attached hydrogen (secondary N) is 3. The van der Waals surface area contributed by atoms with Crippen molar-refractivity contribution in [3.05, 3.63) is 58.7 Å². The van der Waals surface area contributed by atoms with Gasteiger partial charge in [0.1, 0.15) is 12.4 Å². The molecular weight excluding hydrogens is 544 g/mol. The number of hydrogen-bond donors (Lipinski definition) is 4. The Kier molecular flexibility index (Phi) is 10.4. The summed E-state index contributed by atoms with van der Waals surface area (Å²) < 4.78 is 87.9. The van der Waals surface area contributed by atoms with Crippen molar-refractivity contribution in [3.8, 4) is 11.8 Å². The first-order chi connectivity index (χ1) is 18.5. The van der Waals surface area contributed by atoms with Gasteiger partial charge in [-0.2, -0.15) is 26.3 Å². The van der Waals surface area contributed by atoms with Gasteiger partial charge in [0.25, 0.3) is 0 Å². The molecule has 0 unspecified atom stereocenters. The smallest absolute Gasteiger partial charge is 0.418 e. The van der Waals surface area contributed by atoms with Gasteiger partial charge in [0, 0.05) is 22.9 Å². The van der Waals surface area contributed by atoms with Gasteiger partial charge in [-0.1, -0.05) is 11.8 Å². The largest absolute Gasteiger partial charge is 0.465 e. The fourth-order valence-electron chi connectivity index (χ4n) is 3.35. The predicted molar refractivity (Wildman–Crippen MR) is 137 cm³/mol. The van der Waals surface area contributed by atoms with Gasteiger partial charge in [0.2, 0.25) is 0 Å². The first kappa shape index (κ1) is 31.8. The van der Waals surface area contributed by atoms with E-state index in [1.807, 2.05) is 5.32 Å². The van der Waals surface area contributed by atoms with Crippen LogP contribution in [0.25, 0.3) is 0 Å². The lowest BCUT2D eigenvalue weighted by Crippen LogP contribution is -2.44. The number of amidine groups is 1. The molecule has 2 aromatic rings. The van der Waals surface area contributed by atoms with Crippen molar-refractivity contribution in [1.29, 1.82) is 5.41 Å². The van der Waals surface area contributed by atoms with Crippen LogP contribution in [-0.4, -0.2) is 48.5 Å². The van der Waals surface area contributed by atoms with Gasteiger partial charge in [-0.3, -0.25) is 10.2 Å². The van der Waals surface area contributed by atoms with Crippen LogP contribution in [0.4, 0.5) is 42.5 Å². The van der Waals surface area contributed by atoms with E-state index in [0.29, 0.717) is 11.3 Å². The van der Waals surface area contributed by atoms with Gasteiger partial charge in [-0.15, -0.1) is 0 Å². The zero-order valence-corrected chi connectivity index (χ0v) is 21.7. The lowest BCUT2D eigenvalue weighted by Gasteiger charge is -2.27. The summed E-state index contributed by atoms with van der Waals surface area (Å²) in [4.78, 5) is 25.4. The summed E-state index contributed by atoms with van der Waals surface area (Å²) in [5.74, 6) is 3.48. The van der Waals surface area contributed by atoms with Gasteiger partial charge in [-0.05, 0) is 57.2 Å². The number of hydrogen-bond acceptors (Lipinski definition) is 5. The summed E-state index contributed by atoms with van der Waals surface area (Å²) in [6.45, 7) is 3.60. The van der Waals surface area contributed by atoms with Crippen LogP contribution in [0.2, 0.25) is 0 Å². The van der Waals surface area contributed by atoms with Crippen LogP contribution in [0.3, 0.4) is 0 Å². The summed E-state index contributed by atoms with van der Waals surface area (Å²) in [5.41, 5.74) is 1.16. The SMILES string of the molecule is CCOC(=O)CN(C(=O)Nc1cc(C(F)(F)F)c(C#CCNc2ccc(C(=N)N)cc2)cc1C(F)(F)F)C(C)C. The Labute approximate surface area is 226 Å². The molecular formula is C26H27F6N5O3. The molecule has 0 aliphatic heterocycles. The molecule has 2 rings (SSSR count). The molecule has 0 saturated heterocycles. The predicted octanol–water partition coefficient (Wildman–Crippen LogP) is 5.28. The van der Waals surface area contributed by atoms with Crippen LogP contribution in [0.5, 0.6) is 0 Å². The topological polar surface area (TPSA) is 121 Å². The van der Waals surface area contributed by atoms with E-state index in [4.69, 9.17) is 15.9 Å². The van der Waals surface area contributed by atoms with Gasteiger partial charge >= 0.3 is 24.4 Å². The molecule has 0 aromatic heterocycles. The van der Waals surface area contributed by atoms with Crippen LogP contribution in [0.15, 0.2) is 36.4 Å². The van der Waals surface area contributed by atoms with Crippen molar-refractivity contribution < 1.29 is 40.7 Å². The number of halogens is 6. The number of nitrogen functional groups attached to an aromatic ring is 1. The highest BCUT2D eigenvalue weighted by Gasteiger charge is 2.40. The van der Waals surface area contributed by atoms with Gasteiger partial charge in [0.05, 0.1) is 30.0 Å². The fourth-order valence-corrected chi connectivity index (χ4v) is 3.35. The highest BCUT2D eigenvalue weighted by Crippen LogP contribution is 2.41. The quantitative estimate of drug-likeness (QED) is 0.113. The van der Waals surface area contributed by atoms with Gasteiger partial charge < -0.3 is 26.0 Å². The Balaban J connectivity index is 2.42. The minimum Gasteiger partial charge on any atom is -0.465 e. The number of amides is 2. The number of anilines is 2. The molecule has 0 radical (unpaired) electrons. The summed E-state index contributed by atoms with van der Waals surface area (Å²) in [6.07, 6.45) is -10.3. The zero-order valence-electron chi connectivity index (χ0n) is 21.7. The average Bonchev–Trinajstić information content (AvgIpc) is 2.84. The Morgan fingerprint density at radius 2 is 1.65 bits per heavy atom. The molecule has 0 aliphatic rings. The Bertz CT molecular complexity index is 1300. The molecule has 0 heterocycles. The van der Waals surface area contributed by atoms with Gasteiger partial charge in [0.15, 0.2) is 0 Å². The summed E-state index contributed by atoms with van der Waals surface area (Å²) in [6, 6.07) is 4.60. The van der Waals surface area contributed by atoms with Crippen LogP contribution in [-0.2, 0) is 21.9 Å². The molecule has 14 heteroatoms. The number of esters is 1. The van der Waals surface area contributed by atoms with Crippen molar-refractivity contribution in [3.63, 3.8) is 0 Å². The lowest BCUT2D eigenvalue weighted by molar-refractivity contribution is -0.144. The van der Waals surface area contributed by atoms with E-state index < -0.39 is 59.3 Å². The first-order valence-electron chi connectivity index (χ1n) is 11.8. The second kappa shape index (κ2) is 13.1. The molecule has 2 aromatic carbocycles. The number of nitrogens with zero attached hydrogens (tertiary/aromatic N) is 1. The molecule has 0 aliphatic carbocycles. The Morgan fingerprint density at radius 3 is 2.15 bits per heavy atom. The van der Waals surface area contributed by atoms with E-state index in [2.05, 4.69) is 17.2 Å². The number of nitrogens with two attached hydrogens (primary N) is 1. The normalized spacial score (nSPS) is 11.3. The van der Waals surface area contributed by atoms with E-state index in [0.717, 1.165) is 4.90 Å². The number of carbonyl (C=O) groups excluding carboxylic acids is 2. The van der Waals surface area contributed by atoms with Crippen molar-refractivity contribution in [2.75, 3.05) is 30.3 Å². The third-order valence-corrected chi connectivity index (χ3v) is 5.30. The first-order valence-corrected chi connectivity index (χ1v) is 11.8. The van der Waals surface area contributed by atoms with E-state index in [1.54, 1.807) is 12.1 Å². The van der Waals surface area contributed by atoms with Crippen LogP contribution in [0, 0.1) is 17.3 Å². The van der Waals surface area contributed by atoms with Crippen LogP contribution < -0.4 is 16.4 Å². The van der Waals surface area contributed by atoms with E-state index in [1.165, 1.54) is 32.9 Å². The molecule has 5 N–H and O–H groups in total. The maximum atomic E-state index is 13.9. The number of rotatable bonds is 8. The number of ether oxygens (including phenoxy) is 1. The monoisotopic (exact) mass is 571 g/mol. The number of alkyl halides is 6. The van der Waals surface area contributed by atoms with Gasteiger partial charge in [-0.25, -0.2) is 4.79 Å². The number of urea groups is 1. The lowest BCUT2D eigenvalue weighted by atomic mass is 10.0. The van der Waals surface area contributed by atoms with E-state index >= 15 is 0 Å². The third-order valence-electron chi connectivity index (χ3n) is 5.30. The van der Waals surface area contributed by atoms with Crippen molar-refractivity contribution >= 4 is 29.2 Å². The highest BCUT2D eigenvalue weighted by molar-refractivity contribution is 5.95. The maximum absolute atomic E-state index is 13.9. The zero-order chi connectivity index (χ0) is 30.3. The molecule has 0 saturated carbocycles. The van der Waals surface area contributed by atoms with E-state index in [-0.39, 0.29) is 31.1 Å². The van der Waals surface area contributed by atoms with Crippen molar-refractivity contribution in [1.82, 2.24) is 4.90 Å². The molecule has 40 heavy (non-hydrogen) atoms. The number of carbonyl (C=O) groups is 2. The second-order valence-electron chi connectivity index (χ2n) is 8.54. The minimum atomic E-state index is -5.15. The standard InChI is InChI=1S/C26H27F6N5O3/c1-4-40-22(38)14-37(15(2)3)24(39)36-21-13-19(25(27,28)29)17(12-20(21)26(30,31)32)6-5-11-35-18-9-7-16(8-10-18)23(33)34/h7-10,12-13,15,35H,4,11,14H2,1-3H3,(H3,33,34)(H,36,39). The van der Waals surface area contributed by atoms with Crippen LogP contribution >= 0.6 is 0 Å². The van der Waals surface area contributed by atoms with Crippen molar-refractivity contribution in [2.24, 2.45) is 5.73 Å². The summed E-state index contributed by atoms with van der Waals surface area (Å²) >= 11 is 0. The summed E-state index contributed by atoms with van der Waals surface area (Å²) in [5, 5.41) is 12.0. The minimum absolute atomic E-state index is 0.0102. The maximum Gasteiger partial charge on any atom is 0.418 e. The molecule has 0 spiro atoms. The fraction of sp³-hybridized carbons (Fsp3) is 0.346. The third kappa shape index (κ3) is 8.82. The van der Waals surface area contributed by atoms with E-state index in [9.17, 15) is 35.9 Å². The second-order valence-corrected chi connectivity index (χ2v) is 8.54. The molecule has 0 atom stereocenters. The molecule has 0 fully saturated rings. The molecule has 8 nitrogen and oxygen atoms in total. The number of benzene rings is 2. The van der Waals surface area contributed by atoms with Crippen molar-refractivity contribution in [2.45, 2.75) is 39.2 Å². The Morgan fingerprint density at radius 1 is 1.05 bits per heavy atom. The molecule has 0 bridgehead atoms. The summed E-state index contributed by atoms with van der Waals surface area (Å²) in [7, 11) is 0. The molecule has 216 valence electrons. The molecule has 2 amide bonds.